The number of ketones is 1. The minimum absolute atomic E-state index is 0.00814. The SMILES string of the molecule is Cc1ccc(/C(O)=C2\C(=O)C(=O)N(c3nc4ccccc4s3)[C@H]2c2ccccc2Cl)cc1. The topological polar surface area (TPSA) is 70.5 Å². The van der Waals surface area contributed by atoms with Crippen molar-refractivity contribution in [2.75, 3.05) is 4.90 Å². The summed E-state index contributed by atoms with van der Waals surface area (Å²) in [5, 5.41) is 11.9. The normalized spacial score (nSPS) is 17.9. The molecule has 0 radical (unpaired) electrons. The highest BCUT2D eigenvalue weighted by molar-refractivity contribution is 7.22. The van der Waals surface area contributed by atoms with Crippen molar-refractivity contribution < 1.29 is 14.7 Å². The zero-order chi connectivity index (χ0) is 22.4. The Morgan fingerprint density at radius 1 is 1.00 bits per heavy atom. The van der Waals surface area contributed by atoms with Crippen molar-refractivity contribution in [1.82, 2.24) is 4.98 Å². The second-order valence-electron chi connectivity index (χ2n) is 7.52. The second-order valence-corrected chi connectivity index (χ2v) is 8.94. The molecule has 1 saturated heterocycles. The molecule has 1 atom stereocenters. The van der Waals surface area contributed by atoms with E-state index in [0.717, 1.165) is 15.8 Å². The van der Waals surface area contributed by atoms with E-state index in [9.17, 15) is 14.7 Å². The number of aromatic nitrogens is 1. The number of para-hydroxylation sites is 1. The average molecular weight is 461 g/mol. The number of carbonyl (C=O) groups is 2. The van der Waals surface area contributed by atoms with Gasteiger partial charge in [0.15, 0.2) is 5.13 Å². The molecule has 0 spiro atoms. The largest absolute Gasteiger partial charge is 0.507 e. The van der Waals surface area contributed by atoms with Crippen LogP contribution in [-0.4, -0.2) is 21.8 Å². The Balaban J connectivity index is 1.75. The van der Waals surface area contributed by atoms with Crippen molar-refractivity contribution in [2.24, 2.45) is 0 Å². The van der Waals surface area contributed by atoms with Crippen LogP contribution >= 0.6 is 22.9 Å². The van der Waals surface area contributed by atoms with Crippen molar-refractivity contribution in [3.05, 3.63) is 100 Å². The lowest BCUT2D eigenvalue weighted by molar-refractivity contribution is -0.132. The predicted octanol–water partition coefficient (Wildman–Crippen LogP) is 5.88. The summed E-state index contributed by atoms with van der Waals surface area (Å²) in [6, 6.07) is 20.7. The molecule has 1 N–H and O–H groups in total. The maximum atomic E-state index is 13.2. The summed E-state index contributed by atoms with van der Waals surface area (Å²) in [5.41, 5.74) is 2.73. The third kappa shape index (κ3) is 3.28. The summed E-state index contributed by atoms with van der Waals surface area (Å²) < 4.78 is 0.890. The van der Waals surface area contributed by atoms with E-state index in [2.05, 4.69) is 4.98 Å². The fourth-order valence-corrected chi connectivity index (χ4v) is 5.08. The number of carbonyl (C=O) groups excluding carboxylic acids is 2. The number of Topliss-reactive ketones (excluding diaryl/α,β-unsaturated/α-hetero) is 1. The minimum atomic E-state index is -0.898. The number of halogens is 1. The minimum Gasteiger partial charge on any atom is -0.507 e. The van der Waals surface area contributed by atoms with Crippen molar-refractivity contribution >= 4 is 55.7 Å². The highest BCUT2D eigenvalue weighted by Crippen LogP contribution is 2.45. The number of amides is 1. The zero-order valence-electron chi connectivity index (χ0n) is 16.9. The lowest BCUT2D eigenvalue weighted by Gasteiger charge is -2.23. The first-order chi connectivity index (χ1) is 15.5. The van der Waals surface area contributed by atoms with Crippen LogP contribution in [0.15, 0.2) is 78.4 Å². The van der Waals surface area contributed by atoms with Crippen molar-refractivity contribution in [3.8, 4) is 0 Å². The standard InChI is InChI=1S/C25H17ClN2O3S/c1-14-10-12-15(13-11-14)22(29)20-21(16-6-2-3-7-17(16)26)28(24(31)23(20)30)25-27-18-8-4-5-9-19(18)32-25/h2-13,21,29H,1H3/b22-20+/t21-/m0/s1. The van der Waals surface area contributed by atoms with Gasteiger partial charge in [0.25, 0.3) is 5.78 Å². The Morgan fingerprint density at radius 3 is 2.41 bits per heavy atom. The van der Waals surface area contributed by atoms with Gasteiger partial charge in [-0.25, -0.2) is 4.98 Å². The third-order valence-corrected chi connectivity index (χ3v) is 6.84. The van der Waals surface area contributed by atoms with Crippen molar-refractivity contribution in [3.63, 3.8) is 0 Å². The molecule has 0 unspecified atom stereocenters. The van der Waals surface area contributed by atoms with Gasteiger partial charge in [0.05, 0.1) is 21.8 Å². The van der Waals surface area contributed by atoms with Crippen LogP contribution in [0.25, 0.3) is 16.0 Å². The van der Waals surface area contributed by atoms with Crippen LogP contribution in [0.1, 0.15) is 22.7 Å². The summed E-state index contributed by atoms with van der Waals surface area (Å²) in [4.78, 5) is 32.4. The van der Waals surface area contributed by atoms with Crippen LogP contribution < -0.4 is 4.90 Å². The summed E-state index contributed by atoms with van der Waals surface area (Å²) in [6.45, 7) is 1.93. The quantitative estimate of drug-likeness (QED) is 0.235. The molecule has 1 fully saturated rings. The molecule has 4 aromatic rings. The third-order valence-electron chi connectivity index (χ3n) is 5.46. The molecule has 1 aliphatic rings. The molecule has 158 valence electrons. The van der Waals surface area contributed by atoms with Gasteiger partial charge in [-0.05, 0) is 30.7 Å². The number of aliphatic hydroxyl groups is 1. The highest BCUT2D eigenvalue weighted by atomic mass is 35.5. The smallest absolute Gasteiger partial charge is 0.301 e. The summed E-state index contributed by atoms with van der Waals surface area (Å²) in [5.74, 6) is -1.76. The number of benzene rings is 3. The van der Waals surface area contributed by atoms with Gasteiger partial charge in [-0.15, -0.1) is 0 Å². The summed E-state index contributed by atoms with van der Waals surface area (Å²) >= 11 is 7.81. The van der Waals surface area contributed by atoms with Crippen LogP contribution in [0.5, 0.6) is 0 Å². The number of hydrogen-bond donors (Lipinski definition) is 1. The monoisotopic (exact) mass is 460 g/mol. The van der Waals surface area contributed by atoms with Gasteiger partial charge in [-0.3, -0.25) is 14.5 Å². The van der Waals surface area contributed by atoms with Crippen LogP contribution in [0.3, 0.4) is 0 Å². The molecule has 5 nitrogen and oxygen atoms in total. The van der Waals surface area contributed by atoms with Crippen LogP contribution in [0.2, 0.25) is 5.02 Å². The number of aliphatic hydroxyl groups excluding tert-OH is 1. The number of anilines is 1. The molecule has 0 saturated carbocycles. The molecule has 2 heterocycles. The molecule has 0 aliphatic carbocycles. The van der Waals surface area contributed by atoms with Gasteiger partial charge in [0.1, 0.15) is 5.76 Å². The maximum Gasteiger partial charge on any atom is 0.301 e. The molecule has 1 aliphatic heterocycles. The molecule has 3 aromatic carbocycles. The Kier molecular flexibility index (Phi) is 5.04. The van der Waals surface area contributed by atoms with E-state index in [0.29, 0.717) is 21.3 Å². The van der Waals surface area contributed by atoms with E-state index in [-0.39, 0.29) is 11.3 Å². The Hall–Kier alpha value is -3.48. The fraction of sp³-hybridized carbons (Fsp3) is 0.0800. The molecule has 1 aromatic heterocycles. The first-order valence-corrected chi connectivity index (χ1v) is 11.1. The lowest BCUT2D eigenvalue weighted by atomic mass is 9.95. The van der Waals surface area contributed by atoms with Crippen LogP contribution in [-0.2, 0) is 9.59 Å². The molecule has 7 heteroatoms. The molecular formula is C25H17ClN2O3S. The molecular weight excluding hydrogens is 444 g/mol. The molecule has 1 amide bonds. The number of nitrogens with zero attached hydrogens (tertiary/aromatic N) is 2. The predicted molar refractivity (Wildman–Crippen MR) is 127 cm³/mol. The van der Waals surface area contributed by atoms with Gasteiger partial charge in [-0.2, -0.15) is 0 Å². The van der Waals surface area contributed by atoms with Gasteiger partial charge in [0.2, 0.25) is 0 Å². The van der Waals surface area contributed by atoms with Gasteiger partial charge in [0, 0.05) is 10.6 Å². The van der Waals surface area contributed by atoms with Crippen LogP contribution in [0.4, 0.5) is 5.13 Å². The first kappa shape index (κ1) is 20.4. The van der Waals surface area contributed by atoms with E-state index >= 15 is 0 Å². The highest BCUT2D eigenvalue weighted by Gasteiger charge is 2.48. The van der Waals surface area contributed by atoms with E-state index in [1.54, 1.807) is 36.4 Å². The number of hydrogen-bond acceptors (Lipinski definition) is 5. The van der Waals surface area contributed by atoms with E-state index in [1.165, 1.54) is 16.2 Å². The van der Waals surface area contributed by atoms with E-state index in [4.69, 9.17) is 11.6 Å². The van der Waals surface area contributed by atoms with Crippen LogP contribution in [0, 0.1) is 6.92 Å². The van der Waals surface area contributed by atoms with Crippen molar-refractivity contribution in [2.45, 2.75) is 13.0 Å². The summed E-state index contributed by atoms with van der Waals surface area (Å²) in [6.07, 6.45) is 0. The van der Waals surface area contributed by atoms with Gasteiger partial charge in [-0.1, -0.05) is 83.1 Å². The van der Waals surface area contributed by atoms with Gasteiger partial charge < -0.3 is 5.11 Å². The maximum absolute atomic E-state index is 13.2. The first-order valence-electron chi connectivity index (χ1n) is 9.94. The number of aryl methyl sites for hydroxylation is 1. The lowest BCUT2D eigenvalue weighted by Crippen LogP contribution is -2.29. The average Bonchev–Trinajstić information content (AvgIpc) is 3.33. The molecule has 32 heavy (non-hydrogen) atoms. The fourth-order valence-electron chi connectivity index (χ4n) is 3.85. The van der Waals surface area contributed by atoms with Crippen molar-refractivity contribution in [1.29, 1.82) is 0 Å². The molecule has 0 bridgehead atoms. The Morgan fingerprint density at radius 2 is 1.69 bits per heavy atom. The van der Waals surface area contributed by atoms with Gasteiger partial charge >= 0.3 is 5.91 Å². The summed E-state index contributed by atoms with van der Waals surface area (Å²) in [7, 11) is 0. The van der Waals surface area contributed by atoms with E-state index < -0.39 is 17.7 Å². The number of rotatable bonds is 3. The Labute approximate surface area is 193 Å². The number of fused-ring (bicyclic) bond motifs is 1. The molecule has 5 rings (SSSR count). The van der Waals surface area contributed by atoms with E-state index in [1.807, 2.05) is 43.3 Å². The number of thiazole rings is 1. The second kappa shape index (κ2) is 7.89. The Bertz CT molecular complexity index is 1380. The zero-order valence-corrected chi connectivity index (χ0v) is 18.5.